The van der Waals surface area contributed by atoms with Crippen molar-refractivity contribution in [2.75, 3.05) is 6.61 Å². The van der Waals surface area contributed by atoms with E-state index in [4.69, 9.17) is 5.11 Å². The van der Waals surface area contributed by atoms with E-state index in [-0.39, 0.29) is 0 Å². The largest absolute Gasteiger partial charge is 0.508 e. The minimum absolute atomic E-state index is 0.359. The van der Waals surface area contributed by atoms with Gasteiger partial charge in [0.05, 0.1) is 0 Å². The van der Waals surface area contributed by atoms with E-state index >= 15 is 0 Å². The number of hydrogen-bond acceptors (Lipinski definition) is 2. The molecule has 0 aromatic heterocycles. The maximum atomic E-state index is 9.74. The maximum absolute atomic E-state index is 9.74. The average molecular weight is 363 g/mol. The second-order valence-corrected chi connectivity index (χ2v) is 7.76. The molecule has 0 aliphatic rings. The van der Waals surface area contributed by atoms with Crippen LogP contribution in [0, 0.1) is 0 Å². The SMILES string of the molecule is OCCCCCCCCCCCCCCCCCCc1ccccc1O. The number of rotatable bonds is 18. The summed E-state index contributed by atoms with van der Waals surface area (Å²) in [4.78, 5) is 0. The normalized spacial score (nSPS) is 11.1. The Morgan fingerprint density at radius 3 is 1.31 bits per heavy atom. The fourth-order valence-electron chi connectivity index (χ4n) is 3.62. The van der Waals surface area contributed by atoms with Crippen LogP contribution in [0.5, 0.6) is 5.75 Å². The molecular formula is C24H42O2. The number of benzene rings is 1. The van der Waals surface area contributed by atoms with E-state index in [1.54, 1.807) is 6.07 Å². The van der Waals surface area contributed by atoms with Gasteiger partial charge in [0, 0.05) is 6.61 Å². The van der Waals surface area contributed by atoms with Gasteiger partial charge in [0.25, 0.3) is 0 Å². The molecule has 0 fully saturated rings. The van der Waals surface area contributed by atoms with Crippen molar-refractivity contribution >= 4 is 0 Å². The Morgan fingerprint density at radius 1 is 0.500 bits per heavy atom. The highest BCUT2D eigenvalue weighted by molar-refractivity contribution is 5.31. The lowest BCUT2D eigenvalue weighted by Crippen LogP contribution is -1.87. The first-order valence-corrected chi connectivity index (χ1v) is 11.2. The van der Waals surface area contributed by atoms with Gasteiger partial charge in [0.15, 0.2) is 0 Å². The first-order chi connectivity index (χ1) is 12.8. The molecule has 0 aliphatic carbocycles. The first kappa shape index (κ1) is 23.0. The summed E-state index contributed by atoms with van der Waals surface area (Å²) < 4.78 is 0. The van der Waals surface area contributed by atoms with Gasteiger partial charge in [-0.1, -0.05) is 108 Å². The first-order valence-electron chi connectivity index (χ1n) is 11.2. The Bertz CT molecular complexity index is 416. The summed E-state index contributed by atoms with van der Waals surface area (Å²) in [5, 5.41) is 18.5. The van der Waals surface area contributed by atoms with E-state index < -0.39 is 0 Å². The molecule has 1 rings (SSSR count). The summed E-state index contributed by atoms with van der Waals surface area (Å²) in [7, 11) is 0. The van der Waals surface area contributed by atoms with Crippen LogP contribution in [0.25, 0.3) is 0 Å². The van der Waals surface area contributed by atoms with Gasteiger partial charge in [-0.15, -0.1) is 0 Å². The van der Waals surface area contributed by atoms with E-state index in [0.29, 0.717) is 12.4 Å². The van der Waals surface area contributed by atoms with E-state index in [1.165, 1.54) is 96.3 Å². The third-order valence-electron chi connectivity index (χ3n) is 5.35. The molecule has 0 saturated carbocycles. The number of phenolic OH excluding ortho intramolecular Hbond substituents is 1. The third kappa shape index (κ3) is 13.2. The van der Waals surface area contributed by atoms with Crippen LogP contribution in [0.4, 0.5) is 0 Å². The van der Waals surface area contributed by atoms with Crippen LogP contribution in [0.15, 0.2) is 24.3 Å². The summed E-state index contributed by atoms with van der Waals surface area (Å²) in [5.74, 6) is 0.453. The zero-order valence-corrected chi connectivity index (χ0v) is 16.9. The number of phenols is 1. The van der Waals surface area contributed by atoms with Gasteiger partial charge >= 0.3 is 0 Å². The maximum Gasteiger partial charge on any atom is 0.118 e. The summed E-state index contributed by atoms with van der Waals surface area (Å²) in [6.45, 7) is 0.359. The monoisotopic (exact) mass is 362 g/mol. The molecule has 0 spiro atoms. The fourth-order valence-corrected chi connectivity index (χ4v) is 3.62. The molecule has 2 N–H and O–H groups in total. The molecule has 0 unspecified atom stereocenters. The van der Waals surface area contributed by atoms with Crippen LogP contribution in [0.2, 0.25) is 0 Å². The number of para-hydroxylation sites is 1. The van der Waals surface area contributed by atoms with Crippen molar-refractivity contribution in [3.05, 3.63) is 29.8 Å². The van der Waals surface area contributed by atoms with E-state index in [0.717, 1.165) is 18.4 Å². The highest BCUT2D eigenvalue weighted by Crippen LogP contribution is 2.19. The summed E-state index contributed by atoms with van der Waals surface area (Å²) >= 11 is 0. The molecule has 0 bridgehead atoms. The molecule has 0 heterocycles. The van der Waals surface area contributed by atoms with Gasteiger partial charge in [-0.2, -0.15) is 0 Å². The summed E-state index contributed by atoms with van der Waals surface area (Å²) in [6, 6.07) is 7.72. The standard InChI is InChI=1S/C24H42O2/c25-22-18-14-12-10-8-6-4-2-1-3-5-7-9-11-13-15-19-23-20-16-17-21-24(23)26/h16-17,20-21,25-26H,1-15,18-19,22H2. The Kier molecular flexibility index (Phi) is 15.4. The Morgan fingerprint density at radius 2 is 0.885 bits per heavy atom. The van der Waals surface area contributed by atoms with Crippen LogP contribution in [0.1, 0.15) is 108 Å². The molecule has 2 nitrogen and oxygen atoms in total. The Hall–Kier alpha value is -1.02. The molecule has 150 valence electrons. The lowest BCUT2D eigenvalue weighted by molar-refractivity contribution is 0.282. The Labute approximate surface area is 162 Å². The van der Waals surface area contributed by atoms with Crippen molar-refractivity contribution in [1.82, 2.24) is 0 Å². The van der Waals surface area contributed by atoms with Gasteiger partial charge in [0.1, 0.15) is 5.75 Å². The van der Waals surface area contributed by atoms with Crippen molar-refractivity contribution in [1.29, 1.82) is 0 Å². The van der Waals surface area contributed by atoms with Crippen molar-refractivity contribution < 1.29 is 10.2 Å². The molecule has 2 heteroatoms. The van der Waals surface area contributed by atoms with Gasteiger partial charge in [-0.25, -0.2) is 0 Å². The predicted octanol–water partition coefficient (Wildman–Crippen LogP) is 7.17. The Balaban J connectivity index is 1.74. The molecule has 0 radical (unpaired) electrons. The van der Waals surface area contributed by atoms with Crippen LogP contribution >= 0.6 is 0 Å². The zero-order chi connectivity index (χ0) is 18.7. The average Bonchev–Trinajstić information content (AvgIpc) is 2.65. The second kappa shape index (κ2) is 17.4. The topological polar surface area (TPSA) is 40.5 Å². The van der Waals surface area contributed by atoms with E-state index in [9.17, 15) is 5.11 Å². The predicted molar refractivity (Wildman–Crippen MR) is 113 cm³/mol. The lowest BCUT2D eigenvalue weighted by Gasteiger charge is -2.05. The molecule has 1 aromatic carbocycles. The number of aryl methyl sites for hydroxylation is 1. The summed E-state index contributed by atoms with van der Waals surface area (Å²) in [5.41, 5.74) is 1.10. The van der Waals surface area contributed by atoms with Crippen LogP contribution in [0.3, 0.4) is 0 Å². The van der Waals surface area contributed by atoms with Gasteiger partial charge in [-0.3, -0.25) is 0 Å². The van der Waals surface area contributed by atoms with Gasteiger partial charge in [0.2, 0.25) is 0 Å². The second-order valence-electron chi connectivity index (χ2n) is 7.76. The van der Waals surface area contributed by atoms with E-state index in [2.05, 4.69) is 0 Å². The minimum atomic E-state index is 0.359. The molecule has 0 amide bonds. The quantitative estimate of drug-likeness (QED) is 0.272. The van der Waals surface area contributed by atoms with Crippen LogP contribution in [-0.4, -0.2) is 16.8 Å². The molecular weight excluding hydrogens is 320 g/mol. The molecule has 0 aliphatic heterocycles. The van der Waals surface area contributed by atoms with Gasteiger partial charge in [-0.05, 0) is 30.9 Å². The minimum Gasteiger partial charge on any atom is -0.508 e. The highest BCUT2D eigenvalue weighted by Gasteiger charge is 1.99. The third-order valence-corrected chi connectivity index (χ3v) is 5.35. The van der Waals surface area contributed by atoms with Crippen LogP contribution in [-0.2, 0) is 6.42 Å². The number of aliphatic hydroxyl groups is 1. The zero-order valence-electron chi connectivity index (χ0n) is 16.9. The lowest BCUT2D eigenvalue weighted by atomic mass is 10.0. The number of hydrogen-bond donors (Lipinski definition) is 2. The van der Waals surface area contributed by atoms with Crippen molar-refractivity contribution in [3.8, 4) is 5.75 Å². The van der Waals surface area contributed by atoms with Crippen molar-refractivity contribution in [3.63, 3.8) is 0 Å². The van der Waals surface area contributed by atoms with Crippen molar-refractivity contribution in [2.45, 2.75) is 109 Å². The number of aromatic hydroxyl groups is 1. The summed E-state index contributed by atoms with van der Waals surface area (Å²) in [6.07, 6.45) is 22.2. The molecule has 0 atom stereocenters. The van der Waals surface area contributed by atoms with Crippen molar-refractivity contribution in [2.24, 2.45) is 0 Å². The van der Waals surface area contributed by atoms with Gasteiger partial charge < -0.3 is 10.2 Å². The smallest absolute Gasteiger partial charge is 0.118 e. The van der Waals surface area contributed by atoms with E-state index in [1.807, 2.05) is 18.2 Å². The number of unbranched alkanes of at least 4 members (excludes halogenated alkanes) is 15. The molecule has 1 aromatic rings. The molecule has 0 saturated heterocycles. The molecule has 26 heavy (non-hydrogen) atoms. The number of aliphatic hydroxyl groups excluding tert-OH is 1. The highest BCUT2D eigenvalue weighted by atomic mass is 16.3. The van der Waals surface area contributed by atoms with Crippen LogP contribution < -0.4 is 0 Å². The fraction of sp³-hybridized carbons (Fsp3) is 0.750.